The second kappa shape index (κ2) is 13.1. The molecule has 0 saturated carbocycles. The lowest BCUT2D eigenvalue weighted by Gasteiger charge is -2.29. The molecule has 1 aliphatic heterocycles. The number of anilines is 2. The highest BCUT2D eigenvalue weighted by molar-refractivity contribution is 7.18. The molecule has 0 aliphatic carbocycles. The number of hydrogen-bond donors (Lipinski definition) is 2. The van der Waals surface area contributed by atoms with E-state index in [1.807, 2.05) is 13.8 Å². The van der Waals surface area contributed by atoms with Crippen LogP contribution in [0.15, 0.2) is 30.3 Å². The number of hydrogen-bond acceptors (Lipinski definition) is 7. The molecule has 0 bridgehead atoms. The van der Waals surface area contributed by atoms with Gasteiger partial charge in [-0.15, -0.1) is 11.3 Å². The summed E-state index contributed by atoms with van der Waals surface area (Å²) in [5.41, 5.74) is 0.353. The van der Waals surface area contributed by atoms with E-state index in [2.05, 4.69) is 15.4 Å². The van der Waals surface area contributed by atoms with E-state index in [4.69, 9.17) is 16.3 Å². The smallest absolute Gasteiger partial charge is 0.387 e. The van der Waals surface area contributed by atoms with Gasteiger partial charge in [0.15, 0.2) is 5.75 Å². The minimum absolute atomic E-state index is 0.00840. The summed E-state index contributed by atoms with van der Waals surface area (Å²) >= 11 is 7.02. The van der Waals surface area contributed by atoms with E-state index in [-0.39, 0.29) is 48.9 Å². The third kappa shape index (κ3) is 8.09. The monoisotopic (exact) mass is 558 g/mol. The van der Waals surface area contributed by atoms with E-state index in [1.165, 1.54) is 23.1 Å². The fourth-order valence-electron chi connectivity index (χ4n) is 3.85. The van der Waals surface area contributed by atoms with Crippen molar-refractivity contribution in [2.45, 2.75) is 26.5 Å². The zero-order valence-corrected chi connectivity index (χ0v) is 22.2. The standard InChI is InChI=1S/C24H29ClF2N4O5S/c1-14(2)12-30(3)17(11-28-23(34)19-6-7-20(25)37-19)22(33)29-16-5-4-15(10-18(16)36-24(26)27)31-8-9-35-13-21(31)32/h4-7,10,14,17,24H,8-9,11-13H2,1-3H3,(H,28,34)(H,29,33)/t17-/m0/s1. The van der Waals surface area contributed by atoms with Crippen LogP contribution in [-0.2, 0) is 14.3 Å². The number of ether oxygens (including phenoxy) is 2. The molecular formula is C24H29ClF2N4O5S. The van der Waals surface area contributed by atoms with Crippen molar-refractivity contribution in [3.63, 3.8) is 0 Å². The molecule has 3 rings (SSSR count). The molecule has 3 amide bonds. The molecule has 0 radical (unpaired) electrons. The number of halogens is 3. The Morgan fingerprint density at radius 2 is 2.03 bits per heavy atom. The van der Waals surface area contributed by atoms with E-state index in [9.17, 15) is 23.2 Å². The maximum absolute atomic E-state index is 13.3. The fourth-order valence-corrected chi connectivity index (χ4v) is 4.81. The van der Waals surface area contributed by atoms with Crippen LogP contribution in [0.2, 0.25) is 4.34 Å². The minimum atomic E-state index is -3.15. The van der Waals surface area contributed by atoms with Crippen LogP contribution in [0.3, 0.4) is 0 Å². The zero-order valence-electron chi connectivity index (χ0n) is 20.6. The highest BCUT2D eigenvalue weighted by Crippen LogP contribution is 2.32. The van der Waals surface area contributed by atoms with E-state index >= 15 is 0 Å². The van der Waals surface area contributed by atoms with Crippen molar-refractivity contribution in [1.29, 1.82) is 0 Å². The summed E-state index contributed by atoms with van der Waals surface area (Å²) in [7, 11) is 1.74. The Balaban J connectivity index is 1.80. The third-order valence-electron chi connectivity index (χ3n) is 5.48. The summed E-state index contributed by atoms with van der Waals surface area (Å²) < 4.78 is 36.6. The Morgan fingerprint density at radius 3 is 2.65 bits per heavy atom. The van der Waals surface area contributed by atoms with Crippen LogP contribution in [0.25, 0.3) is 0 Å². The number of carbonyl (C=O) groups is 3. The van der Waals surface area contributed by atoms with Crippen LogP contribution in [0.4, 0.5) is 20.2 Å². The first kappa shape index (κ1) is 28.8. The lowest BCUT2D eigenvalue weighted by Crippen LogP contribution is -2.50. The Hall–Kier alpha value is -2.80. The predicted molar refractivity (Wildman–Crippen MR) is 138 cm³/mol. The van der Waals surface area contributed by atoms with Crippen LogP contribution in [0.5, 0.6) is 5.75 Å². The van der Waals surface area contributed by atoms with Gasteiger partial charge in [0.05, 0.1) is 21.5 Å². The highest BCUT2D eigenvalue weighted by atomic mass is 35.5. The van der Waals surface area contributed by atoms with Gasteiger partial charge in [-0.3, -0.25) is 19.3 Å². The van der Waals surface area contributed by atoms with Crippen molar-refractivity contribution < 1.29 is 32.6 Å². The molecule has 2 aromatic rings. The molecule has 2 heterocycles. The normalized spacial score (nSPS) is 14.8. The summed E-state index contributed by atoms with van der Waals surface area (Å²) in [6.45, 7) is 1.78. The lowest BCUT2D eigenvalue weighted by atomic mass is 10.1. The van der Waals surface area contributed by atoms with Crippen molar-refractivity contribution >= 4 is 52.0 Å². The van der Waals surface area contributed by atoms with E-state index in [1.54, 1.807) is 24.1 Å². The molecule has 1 aromatic heterocycles. The maximum atomic E-state index is 13.3. The Labute approximate surface area is 222 Å². The molecule has 9 nitrogen and oxygen atoms in total. The fraction of sp³-hybridized carbons (Fsp3) is 0.458. The largest absolute Gasteiger partial charge is 0.433 e. The molecule has 1 fully saturated rings. The second-order valence-corrected chi connectivity index (χ2v) is 10.5. The van der Waals surface area contributed by atoms with Crippen LogP contribution in [0, 0.1) is 5.92 Å². The van der Waals surface area contributed by atoms with Gasteiger partial charge in [-0.25, -0.2) is 0 Å². The van der Waals surface area contributed by atoms with Crippen LogP contribution < -0.4 is 20.3 Å². The minimum Gasteiger partial charge on any atom is -0.433 e. The predicted octanol–water partition coefficient (Wildman–Crippen LogP) is 3.69. The summed E-state index contributed by atoms with van der Waals surface area (Å²) in [6, 6.07) is 6.59. The number of carbonyl (C=O) groups excluding carboxylic acids is 3. The third-order valence-corrected chi connectivity index (χ3v) is 6.71. The SMILES string of the molecule is CC(C)CN(C)[C@@H](CNC(=O)c1ccc(Cl)s1)C(=O)Nc1ccc(N2CCOCC2=O)cc1OC(F)F. The molecule has 0 unspecified atom stereocenters. The quantitative estimate of drug-likeness (QED) is 0.436. The first-order valence-corrected chi connectivity index (χ1v) is 12.8. The van der Waals surface area contributed by atoms with Crippen LogP contribution in [0.1, 0.15) is 23.5 Å². The molecule has 202 valence electrons. The van der Waals surface area contributed by atoms with Crippen molar-refractivity contribution in [3.05, 3.63) is 39.5 Å². The molecule has 2 N–H and O–H groups in total. The van der Waals surface area contributed by atoms with Crippen LogP contribution >= 0.6 is 22.9 Å². The number of rotatable bonds is 11. The molecule has 1 aliphatic rings. The highest BCUT2D eigenvalue weighted by Gasteiger charge is 2.27. The van der Waals surface area contributed by atoms with Crippen molar-refractivity contribution in [3.8, 4) is 5.75 Å². The van der Waals surface area contributed by atoms with Crippen LogP contribution in [-0.4, -0.2) is 75.2 Å². The first-order valence-electron chi connectivity index (χ1n) is 11.6. The van der Waals surface area contributed by atoms with Gasteiger partial charge in [0.25, 0.3) is 11.8 Å². The number of likely N-dealkylation sites (N-methyl/N-ethyl adjacent to an activating group) is 1. The van der Waals surface area contributed by atoms with Gasteiger partial charge in [0.1, 0.15) is 12.6 Å². The van der Waals surface area contributed by atoms with Crippen molar-refractivity contribution in [2.24, 2.45) is 5.92 Å². The zero-order chi connectivity index (χ0) is 27.1. The van der Waals surface area contributed by atoms with Gasteiger partial charge in [-0.2, -0.15) is 8.78 Å². The topological polar surface area (TPSA) is 100 Å². The summed E-state index contributed by atoms with van der Waals surface area (Å²) in [5, 5.41) is 5.38. The van der Waals surface area contributed by atoms with Gasteiger partial charge in [0, 0.05) is 31.4 Å². The molecule has 1 saturated heterocycles. The molecule has 1 atom stereocenters. The Bertz CT molecular complexity index is 1120. The van der Waals surface area contributed by atoms with Gasteiger partial charge in [-0.05, 0) is 37.2 Å². The average Bonchev–Trinajstić information content (AvgIpc) is 3.26. The Kier molecular flexibility index (Phi) is 10.2. The lowest BCUT2D eigenvalue weighted by molar-refractivity contribution is -0.125. The van der Waals surface area contributed by atoms with E-state index < -0.39 is 18.6 Å². The number of benzene rings is 1. The number of nitrogens with zero attached hydrogens (tertiary/aromatic N) is 2. The number of morpholine rings is 1. The van der Waals surface area contributed by atoms with Gasteiger partial charge >= 0.3 is 6.61 Å². The number of alkyl halides is 2. The summed E-state index contributed by atoms with van der Waals surface area (Å²) in [5.74, 6) is -1.29. The second-order valence-electron chi connectivity index (χ2n) is 8.81. The molecule has 0 spiro atoms. The average molecular weight is 559 g/mol. The van der Waals surface area contributed by atoms with Crippen molar-refractivity contribution in [1.82, 2.24) is 10.2 Å². The Morgan fingerprint density at radius 1 is 1.27 bits per heavy atom. The molecular weight excluding hydrogens is 530 g/mol. The van der Waals surface area contributed by atoms with Crippen molar-refractivity contribution in [2.75, 3.05) is 50.1 Å². The number of amides is 3. The van der Waals surface area contributed by atoms with E-state index in [0.717, 1.165) is 11.3 Å². The first-order chi connectivity index (χ1) is 17.5. The summed E-state index contributed by atoms with van der Waals surface area (Å²) in [6.07, 6.45) is 0. The number of nitrogens with one attached hydrogen (secondary N) is 2. The van der Waals surface area contributed by atoms with E-state index in [0.29, 0.717) is 28.1 Å². The molecule has 37 heavy (non-hydrogen) atoms. The molecule has 13 heteroatoms. The van der Waals surface area contributed by atoms with Gasteiger partial charge < -0.3 is 25.0 Å². The summed E-state index contributed by atoms with van der Waals surface area (Å²) in [4.78, 5) is 41.6. The van der Waals surface area contributed by atoms with Gasteiger partial charge in [-0.1, -0.05) is 25.4 Å². The van der Waals surface area contributed by atoms with Gasteiger partial charge in [0.2, 0.25) is 5.91 Å². The maximum Gasteiger partial charge on any atom is 0.387 e. The molecule has 1 aromatic carbocycles. The number of thiophene rings is 1.